The molecule has 0 aliphatic carbocycles. The van der Waals surface area contributed by atoms with Crippen LogP contribution in [0.25, 0.3) is 0 Å². The van der Waals surface area contributed by atoms with Crippen LogP contribution in [-0.2, 0) is 23.1 Å². The van der Waals surface area contributed by atoms with E-state index in [-0.39, 0.29) is 17.9 Å². The van der Waals surface area contributed by atoms with Gasteiger partial charge in [0.05, 0.1) is 19.2 Å². The minimum atomic E-state index is -0.187. The minimum Gasteiger partial charge on any atom is -0.469 e. The Balaban J connectivity index is 2.51. The molecule has 1 aromatic heterocycles. The maximum Gasteiger partial charge on any atom is 0.309 e. The van der Waals surface area contributed by atoms with E-state index < -0.39 is 0 Å². The molecule has 2 unspecified atom stereocenters. The van der Waals surface area contributed by atoms with E-state index in [1.165, 1.54) is 7.11 Å². The van der Waals surface area contributed by atoms with Crippen LogP contribution in [0.2, 0.25) is 0 Å². The number of ether oxygens (including phenoxy) is 1. The summed E-state index contributed by atoms with van der Waals surface area (Å²) in [6.07, 6.45) is 1.85. The number of esters is 1. The predicted molar refractivity (Wildman–Crippen MR) is 65.4 cm³/mol. The van der Waals surface area contributed by atoms with Gasteiger partial charge in [-0.25, -0.2) is 0 Å². The molecule has 0 aliphatic heterocycles. The first-order chi connectivity index (χ1) is 7.97. The van der Waals surface area contributed by atoms with Crippen molar-refractivity contribution in [1.29, 1.82) is 0 Å². The molecule has 5 nitrogen and oxygen atoms in total. The van der Waals surface area contributed by atoms with Crippen LogP contribution >= 0.6 is 0 Å². The minimum absolute atomic E-state index is 0.0713. The van der Waals surface area contributed by atoms with Crippen molar-refractivity contribution in [1.82, 2.24) is 15.1 Å². The fourth-order valence-corrected chi connectivity index (χ4v) is 1.56. The van der Waals surface area contributed by atoms with Gasteiger partial charge in [0, 0.05) is 30.9 Å². The Hall–Kier alpha value is -1.36. The van der Waals surface area contributed by atoms with E-state index in [9.17, 15) is 4.79 Å². The van der Waals surface area contributed by atoms with Gasteiger partial charge in [-0.3, -0.25) is 9.48 Å². The number of nitrogens with zero attached hydrogens (tertiary/aromatic N) is 2. The Morgan fingerprint density at radius 3 is 2.71 bits per heavy atom. The number of aryl methyl sites for hydroxylation is 1. The third-order valence-corrected chi connectivity index (χ3v) is 3.27. The van der Waals surface area contributed by atoms with E-state index in [0.717, 1.165) is 11.3 Å². The second kappa shape index (κ2) is 5.82. The first-order valence-electron chi connectivity index (χ1n) is 5.76. The molecule has 17 heavy (non-hydrogen) atoms. The Morgan fingerprint density at radius 1 is 1.59 bits per heavy atom. The Labute approximate surface area is 102 Å². The average molecular weight is 239 g/mol. The summed E-state index contributed by atoms with van der Waals surface area (Å²) in [5.74, 6) is -0.343. The van der Waals surface area contributed by atoms with Gasteiger partial charge in [0.1, 0.15) is 0 Å². The Bertz CT molecular complexity index is 387. The number of hydrogen-bond acceptors (Lipinski definition) is 4. The maximum atomic E-state index is 11.4. The monoisotopic (exact) mass is 239 g/mol. The average Bonchev–Trinajstić information content (AvgIpc) is 2.65. The SMILES string of the molecule is COC(=O)C(C)C(C)NCc1cnn(C)c1C. The van der Waals surface area contributed by atoms with Crippen LogP contribution in [0.1, 0.15) is 25.1 Å². The largest absolute Gasteiger partial charge is 0.469 e. The second-order valence-corrected chi connectivity index (χ2v) is 4.36. The van der Waals surface area contributed by atoms with Crippen molar-refractivity contribution < 1.29 is 9.53 Å². The molecule has 0 saturated carbocycles. The summed E-state index contributed by atoms with van der Waals surface area (Å²) in [4.78, 5) is 11.4. The molecule has 0 amide bonds. The summed E-state index contributed by atoms with van der Waals surface area (Å²) in [7, 11) is 3.33. The van der Waals surface area contributed by atoms with Crippen molar-refractivity contribution in [2.24, 2.45) is 13.0 Å². The summed E-state index contributed by atoms with van der Waals surface area (Å²) in [6.45, 7) is 6.58. The molecular formula is C12H21N3O2. The lowest BCUT2D eigenvalue weighted by Gasteiger charge is -2.19. The molecule has 0 bridgehead atoms. The van der Waals surface area contributed by atoms with E-state index in [0.29, 0.717) is 6.54 Å². The van der Waals surface area contributed by atoms with Crippen molar-refractivity contribution in [2.75, 3.05) is 7.11 Å². The van der Waals surface area contributed by atoms with Crippen LogP contribution in [0, 0.1) is 12.8 Å². The molecule has 0 fully saturated rings. The van der Waals surface area contributed by atoms with Crippen molar-refractivity contribution >= 4 is 5.97 Å². The van der Waals surface area contributed by atoms with E-state index in [4.69, 9.17) is 4.74 Å². The zero-order valence-corrected chi connectivity index (χ0v) is 11.2. The molecule has 5 heteroatoms. The smallest absolute Gasteiger partial charge is 0.309 e. The van der Waals surface area contributed by atoms with Crippen LogP contribution in [-0.4, -0.2) is 28.9 Å². The predicted octanol–water partition coefficient (Wildman–Crippen LogP) is 1.02. The third-order valence-electron chi connectivity index (χ3n) is 3.27. The first kappa shape index (κ1) is 13.7. The summed E-state index contributed by atoms with van der Waals surface area (Å²) in [5, 5.41) is 7.49. The van der Waals surface area contributed by atoms with Crippen molar-refractivity contribution in [3.05, 3.63) is 17.5 Å². The van der Waals surface area contributed by atoms with Crippen molar-refractivity contribution in [3.63, 3.8) is 0 Å². The van der Waals surface area contributed by atoms with E-state index >= 15 is 0 Å². The molecule has 96 valence electrons. The number of methoxy groups -OCH3 is 1. The van der Waals surface area contributed by atoms with Gasteiger partial charge in [0.2, 0.25) is 0 Å². The Morgan fingerprint density at radius 2 is 2.24 bits per heavy atom. The summed E-state index contributed by atoms with van der Waals surface area (Å²) in [6, 6.07) is 0.0713. The summed E-state index contributed by atoms with van der Waals surface area (Å²) < 4.78 is 6.56. The highest BCUT2D eigenvalue weighted by Gasteiger charge is 2.20. The number of carbonyl (C=O) groups is 1. The van der Waals surface area contributed by atoms with E-state index in [1.54, 1.807) is 0 Å². The van der Waals surface area contributed by atoms with Gasteiger partial charge in [-0.05, 0) is 13.8 Å². The molecule has 1 heterocycles. The highest BCUT2D eigenvalue weighted by atomic mass is 16.5. The van der Waals surface area contributed by atoms with Gasteiger partial charge in [-0.1, -0.05) is 6.92 Å². The highest BCUT2D eigenvalue weighted by molar-refractivity contribution is 5.72. The van der Waals surface area contributed by atoms with Crippen molar-refractivity contribution in [2.45, 2.75) is 33.4 Å². The number of nitrogens with one attached hydrogen (secondary N) is 1. The van der Waals surface area contributed by atoms with Gasteiger partial charge >= 0.3 is 5.97 Å². The maximum absolute atomic E-state index is 11.4. The molecule has 0 radical (unpaired) electrons. The molecule has 0 aromatic carbocycles. The van der Waals surface area contributed by atoms with Crippen molar-refractivity contribution in [3.8, 4) is 0 Å². The third kappa shape index (κ3) is 3.30. The summed E-state index contributed by atoms with van der Waals surface area (Å²) in [5.41, 5.74) is 2.28. The fraction of sp³-hybridized carbons (Fsp3) is 0.667. The lowest BCUT2D eigenvalue weighted by atomic mass is 10.0. The molecular weight excluding hydrogens is 218 g/mol. The molecule has 2 atom stereocenters. The quantitative estimate of drug-likeness (QED) is 0.779. The normalized spacial score (nSPS) is 14.4. The van der Waals surface area contributed by atoms with E-state index in [1.807, 2.05) is 38.7 Å². The fourth-order valence-electron chi connectivity index (χ4n) is 1.56. The Kier molecular flexibility index (Phi) is 4.69. The van der Waals surface area contributed by atoms with E-state index in [2.05, 4.69) is 10.4 Å². The topological polar surface area (TPSA) is 56.1 Å². The molecule has 0 spiro atoms. The number of rotatable bonds is 5. The molecule has 1 rings (SSSR count). The van der Waals surface area contributed by atoms with Gasteiger partial charge in [0.15, 0.2) is 0 Å². The number of hydrogen-bond donors (Lipinski definition) is 1. The lowest BCUT2D eigenvalue weighted by molar-refractivity contribution is -0.145. The molecule has 1 aromatic rings. The van der Waals surface area contributed by atoms with Gasteiger partial charge in [-0.15, -0.1) is 0 Å². The molecule has 0 saturated heterocycles. The van der Waals surface area contributed by atoms with Crippen LogP contribution in [0.5, 0.6) is 0 Å². The lowest BCUT2D eigenvalue weighted by Crippen LogP contribution is -2.36. The first-order valence-corrected chi connectivity index (χ1v) is 5.76. The second-order valence-electron chi connectivity index (χ2n) is 4.36. The van der Waals surface area contributed by atoms with Crippen LogP contribution in [0.15, 0.2) is 6.20 Å². The highest BCUT2D eigenvalue weighted by Crippen LogP contribution is 2.08. The number of carbonyl (C=O) groups excluding carboxylic acids is 1. The van der Waals surface area contributed by atoms with Crippen LogP contribution < -0.4 is 5.32 Å². The van der Waals surface area contributed by atoms with Crippen LogP contribution in [0.4, 0.5) is 0 Å². The molecule has 0 aliphatic rings. The zero-order chi connectivity index (χ0) is 13.0. The van der Waals surface area contributed by atoms with Crippen LogP contribution in [0.3, 0.4) is 0 Å². The van der Waals surface area contributed by atoms with Gasteiger partial charge in [-0.2, -0.15) is 5.10 Å². The number of aromatic nitrogens is 2. The summed E-state index contributed by atoms with van der Waals surface area (Å²) >= 11 is 0. The standard InChI is InChI=1S/C12H21N3O2/c1-8(12(16)17-5)9(2)13-6-11-7-14-15(4)10(11)3/h7-9,13H,6H2,1-5H3. The van der Waals surface area contributed by atoms with Gasteiger partial charge in [0.25, 0.3) is 0 Å². The molecule has 1 N–H and O–H groups in total. The van der Waals surface area contributed by atoms with Gasteiger partial charge < -0.3 is 10.1 Å². The zero-order valence-electron chi connectivity index (χ0n) is 11.2.